The molecule has 0 aromatic heterocycles. The minimum Gasteiger partial charge on any atom is -0.463 e. The summed E-state index contributed by atoms with van der Waals surface area (Å²) < 4.78 is 15.8. The van der Waals surface area contributed by atoms with Crippen molar-refractivity contribution in [2.24, 2.45) is 5.92 Å². The zero-order valence-electron chi connectivity index (χ0n) is 14.0. The molecule has 0 aliphatic carbocycles. The number of carbonyl (C=O) groups excluding carboxylic acids is 2. The zero-order chi connectivity index (χ0) is 16.3. The summed E-state index contributed by atoms with van der Waals surface area (Å²) in [6.07, 6.45) is 2.18. The van der Waals surface area contributed by atoms with Gasteiger partial charge in [0.15, 0.2) is 0 Å². The van der Waals surface area contributed by atoms with Crippen LogP contribution in [0.4, 0.5) is 0 Å². The molecule has 2 atom stereocenters. The average Bonchev–Trinajstić information content (AvgIpc) is 2.39. The van der Waals surface area contributed by atoms with E-state index in [1.165, 1.54) is 0 Å². The molecule has 0 radical (unpaired) electrons. The molecule has 0 aromatic rings. The molecule has 21 heavy (non-hydrogen) atoms. The maximum Gasteiger partial charge on any atom is 0.306 e. The summed E-state index contributed by atoms with van der Waals surface area (Å²) in [4.78, 5) is 22.8. The van der Waals surface area contributed by atoms with Crippen molar-refractivity contribution in [3.63, 3.8) is 0 Å². The number of hydrogen-bond acceptors (Lipinski definition) is 5. The fourth-order valence-electron chi connectivity index (χ4n) is 1.59. The Labute approximate surface area is 128 Å². The van der Waals surface area contributed by atoms with Gasteiger partial charge < -0.3 is 14.2 Å². The molecule has 0 aliphatic rings. The van der Waals surface area contributed by atoms with Crippen molar-refractivity contribution in [2.45, 2.75) is 72.5 Å². The van der Waals surface area contributed by atoms with Gasteiger partial charge in [-0.25, -0.2) is 0 Å². The number of unbranched alkanes of at least 4 members (excludes halogenated alkanes) is 1. The summed E-state index contributed by atoms with van der Waals surface area (Å²) in [5, 5.41) is 0. The molecule has 0 saturated carbocycles. The lowest BCUT2D eigenvalue weighted by atomic mass is 10.1. The average molecular weight is 302 g/mol. The van der Waals surface area contributed by atoms with Crippen LogP contribution in [0.2, 0.25) is 0 Å². The normalized spacial score (nSPS) is 13.8. The van der Waals surface area contributed by atoms with Gasteiger partial charge in [0.2, 0.25) is 0 Å². The molecule has 124 valence electrons. The second-order valence-corrected chi connectivity index (χ2v) is 5.83. The minimum atomic E-state index is -0.289. The van der Waals surface area contributed by atoms with Crippen molar-refractivity contribution in [1.29, 1.82) is 0 Å². The Kier molecular flexibility index (Phi) is 10.9. The largest absolute Gasteiger partial charge is 0.463 e. The second-order valence-electron chi connectivity index (χ2n) is 5.83. The van der Waals surface area contributed by atoms with E-state index in [-0.39, 0.29) is 36.7 Å². The maximum atomic E-state index is 11.4. The van der Waals surface area contributed by atoms with Crippen molar-refractivity contribution < 1.29 is 23.8 Å². The number of ether oxygens (including phenoxy) is 3. The number of rotatable bonds is 11. The lowest BCUT2D eigenvalue weighted by Crippen LogP contribution is -2.26. The molecule has 5 heteroatoms. The highest BCUT2D eigenvalue weighted by Crippen LogP contribution is 2.04. The molecule has 0 aliphatic heterocycles. The van der Waals surface area contributed by atoms with Crippen molar-refractivity contribution in [1.82, 2.24) is 0 Å². The van der Waals surface area contributed by atoms with Crippen molar-refractivity contribution >= 4 is 11.9 Å². The van der Waals surface area contributed by atoms with Gasteiger partial charge in [-0.3, -0.25) is 9.59 Å². The van der Waals surface area contributed by atoms with Gasteiger partial charge in [-0.05, 0) is 26.2 Å². The molecule has 2 unspecified atom stereocenters. The number of esters is 2. The predicted octanol–water partition coefficient (Wildman–Crippen LogP) is 3.10. The highest BCUT2D eigenvalue weighted by molar-refractivity contribution is 5.69. The Morgan fingerprint density at radius 1 is 0.952 bits per heavy atom. The molecule has 0 bridgehead atoms. The molecular formula is C16H30O5. The van der Waals surface area contributed by atoms with E-state index < -0.39 is 0 Å². The van der Waals surface area contributed by atoms with Gasteiger partial charge in [0.05, 0.1) is 12.7 Å². The summed E-state index contributed by atoms with van der Waals surface area (Å²) in [6, 6.07) is 0. The van der Waals surface area contributed by atoms with Crippen LogP contribution in [0.25, 0.3) is 0 Å². The third kappa shape index (κ3) is 12.4. The molecule has 0 N–H and O–H groups in total. The summed E-state index contributed by atoms with van der Waals surface area (Å²) in [5.41, 5.74) is 0. The first-order chi connectivity index (χ1) is 9.85. The summed E-state index contributed by atoms with van der Waals surface area (Å²) in [7, 11) is 0. The zero-order valence-corrected chi connectivity index (χ0v) is 14.0. The molecular weight excluding hydrogens is 272 g/mol. The van der Waals surface area contributed by atoms with Gasteiger partial charge in [0.1, 0.15) is 12.7 Å². The highest BCUT2D eigenvalue weighted by Gasteiger charge is 2.13. The summed E-state index contributed by atoms with van der Waals surface area (Å²) in [6.45, 7) is 10.1. The Bertz CT molecular complexity index is 301. The van der Waals surface area contributed by atoms with Gasteiger partial charge in [-0.15, -0.1) is 0 Å². The van der Waals surface area contributed by atoms with Crippen LogP contribution >= 0.6 is 0 Å². The quantitative estimate of drug-likeness (QED) is 0.549. The lowest BCUT2D eigenvalue weighted by molar-refractivity contribution is -0.154. The van der Waals surface area contributed by atoms with Crippen LogP contribution in [-0.2, 0) is 23.8 Å². The van der Waals surface area contributed by atoms with Crippen LogP contribution < -0.4 is 0 Å². The first-order valence-corrected chi connectivity index (χ1v) is 7.81. The summed E-state index contributed by atoms with van der Waals surface area (Å²) >= 11 is 0. The molecule has 5 nitrogen and oxygen atoms in total. The third-order valence-corrected chi connectivity index (χ3v) is 2.74. The van der Waals surface area contributed by atoms with E-state index in [4.69, 9.17) is 14.2 Å². The van der Waals surface area contributed by atoms with E-state index >= 15 is 0 Å². The van der Waals surface area contributed by atoms with Gasteiger partial charge >= 0.3 is 11.9 Å². The van der Waals surface area contributed by atoms with Gasteiger partial charge in [-0.2, -0.15) is 0 Å². The van der Waals surface area contributed by atoms with Gasteiger partial charge in [-0.1, -0.05) is 27.2 Å². The van der Waals surface area contributed by atoms with Crippen LogP contribution in [-0.4, -0.2) is 37.4 Å². The standard InChI is InChI=1S/C16H30O5/c1-6-7-8-15(17)21-14(5)11-19-13(4)10-20-16(18)9-12(2)3/h12-14H,6-11H2,1-5H3. The molecule has 0 saturated heterocycles. The maximum absolute atomic E-state index is 11.4. The third-order valence-electron chi connectivity index (χ3n) is 2.74. The van der Waals surface area contributed by atoms with E-state index in [0.717, 1.165) is 12.8 Å². The first-order valence-electron chi connectivity index (χ1n) is 7.81. The Morgan fingerprint density at radius 2 is 1.62 bits per heavy atom. The SMILES string of the molecule is CCCCC(=O)OC(C)COC(C)COC(=O)CC(C)C. The molecule has 0 aromatic carbocycles. The fraction of sp³-hybridized carbons (Fsp3) is 0.875. The molecule has 0 fully saturated rings. The topological polar surface area (TPSA) is 61.8 Å². The molecule has 0 rings (SSSR count). The number of carbonyl (C=O) groups is 2. The second kappa shape index (κ2) is 11.5. The van der Waals surface area contributed by atoms with Crippen molar-refractivity contribution in [3.8, 4) is 0 Å². The Balaban J connectivity index is 3.74. The predicted molar refractivity (Wildman–Crippen MR) is 80.9 cm³/mol. The van der Waals surface area contributed by atoms with Crippen LogP contribution in [0.15, 0.2) is 0 Å². The van der Waals surface area contributed by atoms with Crippen LogP contribution in [0.1, 0.15) is 60.3 Å². The van der Waals surface area contributed by atoms with E-state index in [1.807, 2.05) is 27.7 Å². The van der Waals surface area contributed by atoms with Gasteiger partial charge in [0.25, 0.3) is 0 Å². The van der Waals surface area contributed by atoms with Crippen LogP contribution in [0.3, 0.4) is 0 Å². The van der Waals surface area contributed by atoms with Crippen molar-refractivity contribution in [3.05, 3.63) is 0 Å². The Hall–Kier alpha value is -1.10. The molecule has 0 amide bonds. The van der Waals surface area contributed by atoms with E-state index in [1.54, 1.807) is 6.92 Å². The molecule has 0 spiro atoms. The smallest absolute Gasteiger partial charge is 0.306 e. The first kappa shape index (κ1) is 19.9. The van der Waals surface area contributed by atoms with Crippen molar-refractivity contribution in [2.75, 3.05) is 13.2 Å². The minimum absolute atomic E-state index is 0.191. The number of hydrogen-bond donors (Lipinski definition) is 0. The van der Waals surface area contributed by atoms with Gasteiger partial charge in [0, 0.05) is 12.8 Å². The fourth-order valence-corrected chi connectivity index (χ4v) is 1.59. The lowest BCUT2D eigenvalue weighted by Gasteiger charge is -2.18. The van der Waals surface area contributed by atoms with E-state index in [9.17, 15) is 9.59 Å². The van der Waals surface area contributed by atoms with E-state index in [0.29, 0.717) is 19.4 Å². The Morgan fingerprint density at radius 3 is 2.19 bits per heavy atom. The monoisotopic (exact) mass is 302 g/mol. The van der Waals surface area contributed by atoms with Crippen LogP contribution in [0, 0.1) is 5.92 Å². The summed E-state index contributed by atoms with van der Waals surface area (Å²) in [5.74, 6) is -0.111. The van der Waals surface area contributed by atoms with Crippen LogP contribution in [0.5, 0.6) is 0 Å². The highest BCUT2D eigenvalue weighted by atomic mass is 16.6. The molecule has 0 heterocycles. The van der Waals surface area contributed by atoms with E-state index in [2.05, 4.69) is 0 Å².